The lowest BCUT2D eigenvalue weighted by Gasteiger charge is -2.50. The molecule has 1 fully saturated rings. The van der Waals surface area contributed by atoms with E-state index in [1.165, 1.54) is 0 Å². The van der Waals surface area contributed by atoms with Crippen molar-refractivity contribution in [3.8, 4) is 0 Å². The molecule has 1 aliphatic rings. The Balaban J connectivity index is 2.63. The number of rotatable bonds is 3. The summed E-state index contributed by atoms with van der Waals surface area (Å²) >= 11 is 0. The first-order chi connectivity index (χ1) is 6.94. The molecule has 5 heteroatoms. The van der Waals surface area contributed by atoms with E-state index in [4.69, 9.17) is 5.73 Å². The predicted molar refractivity (Wildman–Crippen MR) is 66.5 cm³/mol. The van der Waals surface area contributed by atoms with Crippen LogP contribution in [-0.2, 0) is 10.0 Å². The molecule has 0 saturated heterocycles. The maximum absolute atomic E-state index is 11.9. The summed E-state index contributed by atoms with van der Waals surface area (Å²) < 4.78 is 26.5. The highest BCUT2D eigenvalue weighted by atomic mass is 32.2. The van der Waals surface area contributed by atoms with Crippen LogP contribution in [0.5, 0.6) is 0 Å². The van der Waals surface area contributed by atoms with E-state index < -0.39 is 10.0 Å². The van der Waals surface area contributed by atoms with Crippen molar-refractivity contribution < 1.29 is 8.42 Å². The van der Waals surface area contributed by atoms with Gasteiger partial charge in [0.1, 0.15) is 0 Å². The topological polar surface area (TPSA) is 72.2 Å². The Morgan fingerprint density at radius 1 is 1.38 bits per heavy atom. The number of nitrogens with two attached hydrogens (primary N) is 1. The summed E-state index contributed by atoms with van der Waals surface area (Å²) in [7, 11) is -3.20. The van der Waals surface area contributed by atoms with Crippen LogP contribution in [0.4, 0.5) is 0 Å². The van der Waals surface area contributed by atoms with E-state index in [2.05, 4.69) is 4.72 Å². The summed E-state index contributed by atoms with van der Waals surface area (Å²) in [5.41, 5.74) is 5.50. The molecule has 3 N–H and O–H groups in total. The van der Waals surface area contributed by atoms with Crippen molar-refractivity contribution in [2.24, 2.45) is 16.6 Å². The van der Waals surface area contributed by atoms with Crippen LogP contribution in [0, 0.1) is 10.8 Å². The molecule has 0 aromatic heterocycles. The van der Waals surface area contributed by atoms with Crippen LogP contribution >= 0.6 is 0 Å². The first-order valence-electron chi connectivity index (χ1n) is 5.70. The highest BCUT2D eigenvalue weighted by molar-refractivity contribution is 7.89. The molecule has 96 valence electrons. The Morgan fingerprint density at radius 2 is 1.88 bits per heavy atom. The third-order valence-corrected chi connectivity index (χ3v) is 5.18. The monoisotopic (exact) mass is 248 g/mol. The van der Waals surface area contributed by atoms with E-state index in [1.807, 2.05) is 34.6 Å². The van der Waals surface area contributed by atoms with E-state index in [0.29, 0.717) is 0 Å². The van der Waals surface area contributed by atoms with E-state index in [9.17, 15) is 8.42 Å². The Labute approximate surface area is 99.0 Å². The van der Waals surface area contributed by atoms with Gasteiger partial charge in [0.15, 0.2) is 0 Å². The Bertz CT molecular complexity index is 355. The quantitative estimate of drug-likeness (QED) is 0.785. The summed E-state index contributed by atoms with van der Waals surface area (Å²) in [6, 6.07) is 0.0738. The Kier molecular flexibility index (Phi) is 3.45. The van der Waals surface area contributed by atoms with Crippen molar-refractivity contribution in [3.05, 3.63) is 0 Å². The Hall–Kier alpha value is -0.130. The van der Waals surface area contributed by atoms with Crippen LogP contribution in [0.3, 0.4) is 0 Å². The highest BCUT2D eigenvalue weighted by Crippen LogP contribution is 2.39. The smallest absolute Gasteiger partial charge is 0.212 e. The maximum Gasteiger partial charge on any atom is 0.212 e. The van der Waals surface area contributed by atoms with Crippen molar-refractivity contribution in [3.63, 3.8) is 0 Å². The summed E-state index contributed by atoms with van der Waals surface area (Å²) in [5.74, 6) is 0.155. The van der Waals surface area contributed by atoms with Crippen molar-refractivity contribution >= 4 is 10.0 Å². The summed E-state index contributed by atoms with van der Waals surface area (Å²) in [6.45, 7) is 9.77. The summed E-state index contributed by atoms with van der Waals surface area (Å²) in [4.78, 5) is 0. The zero-order chi connectivity index (χ0) is 12.8. The lowest BCUT2D eigenvalue weighted by molar-refractivity contribution is 0.0901. The zero-order valence-electron chi connectivity index (χ0n) is 10.9. The second-order valence-electron chi connectivity index (χ2n) is 6.65. The van der Waals surface area contributed by atoms with Gasteiger partial charge in [-0.05, 0) is 17.3 Å². The minimum absolute atomic E-state index is 0.0187. The van der Waals surface area contributed by atoms with Gasteiger partial charge in [-0.3, -0.25) is 0 Å². The lowest BCUT2D eigenvalue weighted by atomic mass is 9.64. The van der Waals surface area contributed by atoms with E-state index in [-0.39, 0.29) is 28.7 Å². The van der Waals surface area contributed by atoms with Crippen LogP contribution in [0.2, 0.25) is 0 Å². The van der Waals surface area contributed by atoms with Crippen LogP contribution in [0.1, 0.15) is 41.0 Å². The molecular formula is C11H24N2O2S. The molecule has 0 amide bonds. The fourth-order valence-electron chi connectivity index (χ4n) is 1.99. The van der Waals surface area contributed by atoms with Gasteiger partial charge in [-0.25, -0.2) is 13.1 Å². The molecule has 0 heterocycles. The normalized spacial score (nSPS) is 29.9. The molecule has 0 aliphatic heterocycles. The summed E-state index contributed by atoms with van der Waals surface area (Å²) in [6.07, 6.45) is 0.733. The van der Waals surface area contributed by atoms with Crippen LogP contribution in [0.15, 0.2) is 0 Å². The molecule has 2 atom stereocenters. The predicted octanol–water partition coefficient (Wildman–Crippen LogP) is 1.08. The molecular weight excluding hydrogens is 224 g/mol. The molecule has 0 aromatic carbocycles. The molecule has 4 nitrogen and oxygen atoms in total. The number of hydrogen-bond acceptors (Lipinski definition) is 3. The SMILES string of the molecule is CC(C)(C)CS(=O)(=O)NC1CC(N)C1(C)C. The highest BCUT2D eigenvalue weighted by Gasteiger charge is 2.47. The fourth-order valence-corrected chi connectivity index (χ4v) is 4.04. The fraction of sp³-hybridized carbons (Fsp3) is 1.00. The molecule has 16 heavy (non-hydrogen) atoms. The van der Waals surface area contributed by atoms with Gasteiger partial charge in [0.05, 0.1) is 5.75 Å². The van der Waals surface area contributed by atoms with Gasteiger partial charge in [-0.1, -0.05) is 34.6 Å². The average Bonchev–Trinajstić information content (AvgIpc) is 1.98. The van der Waals surface area contributed by atoms with Crippen LogP contribution < -0.4 is 10.5 Å². The van der Waals surface area contributed by atoms with Crippen molar-refractivity contribution in [1.82, 2.24) is 4.72 Å². The minimum Gasteiger partial charge on any atom is -0.327 e. The third-order valence-electron chi connectivity index (χ3n) is 3.29. The van der Waals surface area contributed by atoms with Gasteiger partial charge in [0.2, 0.25) is 10.0 Å². The third kappa shape index (κ3) is 3.18. The van der Waals surface area contributed by atoms with Gasteiger partial charge in [-0.15, -0.1) is 0 Å². The summed E-state index contributed by atoms with van der Waals surface area (Å²) in [5, 5.41) is 0. The molecule has 1 aliphatic carbocycles. The first kappa shape index (κ1) is 13.9. The number of nitrogens with one attached hydrogen (secondary N) is 1. The van der Waals surface area contributed by atoms with Gasteiger partial charge >= 0.3 is 0 Å². The van der Waals surface area contributed by atoms with Gasteiger partial charge in [-0.2, -0.15) is 0 Å². The van der Waals surface area contributed by atoms with E-state index in [0.717, 1.165) is 6.42 Å². The van der Waals surface area contributed by atoms with Crippen LogP contribution in [-0.4, -0.2) is 26.3 Å². The average molecular weight is 248 g/mol. The van der Waals surface area contributed by atoms with Crippen molar-refractivity contribution in [2.75, 3.05) is 5.75 Å². The number of sulfonamides is 1. The standard InChI is InChI=1S/C11H24N2O2S/c1-10(2,3)7-16(14,15)13-9-6-8(12)11(9,4)5/h8-9,13H,6-7,12H2,1-5H3. The first-order valence-corrected chi connectivity index (χ1v) is 7.35. The Morgan fingerprint density at radius 3 is 2.19 bits per heavy atom. The number of hydrogen-bond donors (Lipinski definition) is 2. The molecule has 0 bridgehead atoms. The molecule has 1 saturated carbocycles. The molecule has 0 radical (unpaired) electrons. The molecule has 0 aromatic rings. The second kappa shape index (κ2) is 3.96. The minimum atomic E-state index is -3.20. The van der Waals surface area contributed by atoms with Gasteiger partial charge in [0.25, 0.3) is 0 Å². The largest absolute Gasteiger partial charge is 0.327 e. The van der Waals surface area contributed by atoms with E-state index >= 15 is 0 Å². The second-order valence-corrected chi connectivity index (χ2v) is 8.41. The van der Waals surface area contributed by atoms with Gasteiger partial charge in [0, 0.05) is 12.1 Å². The maximum atomic E-state index is 11.9. The molecule has 0 spiro atoms. The van der Waals surface area contributed by atoms with Crippen molar-refractivity contribution in [1.29, 1.82) is 0 Å². The van der Waals surface area contributed by atoms with E-state index in [1.54, 1.807) is 0 Å². The van der Waals surface area contributed by atoms with Crippen molar-refractivity contribution in [2.45, 2.75) is 53.1 Å². The van der Waals surface area contributed by atoms with Gasteiger partial charge < -0.3 is 5.73 Å². The molecule has 1 rings (SSSR count). The molecule has 2 unspecified atom stereocenters. The zero-order valence-corrected chi connectivity index (χ0v) is 11.7. The van der Waals surface area contributed by atoms with Crippen LogP contribution in [0.25, 0.3) is 0 Å². The lowest BCUT2D eigenvalue weighted by Crippen LogP contribution is -2.64.